The molecule has 0 aliphatic heterocycles. The van der Waals surface area contributed by atoms with Crippen LogP contribution in [0.2, 0.25) is 0 Å². The van der Waals surface area contributed by atoms with Crippen molar-refractivity contribution in [2.24, 2.45) is 0 Å². The summed E-state index contributed by atoms with van der Waals surface area (Å²) in [5.74, 6) is 0.716. The molecule has 5 heteroatoms. The molecule has 0 aliphatic rings. The molecule has 3 aromatic rings. The number of benzene rings is 1. The van der Waals surface area contributed by atoms with E-state index < -0.39 is 0 Å². The van der Waals surface area contributed by atoms with Gasteiger partial charge in [0.1, 0.15) is 0 Å². The minimum absolute atomic E-state index is 0.00934. The van der Waals surface area contributed by atoms with Gasteiger partial charge in [0.2, 0.25) is 0 Å². The average molecular weight is 274 g/mol. The zero-order chi connectivity index (χ0) is 12.4. The summed E-state index contributed by atoms with van der Waals surface area (Å²) in [4.78, 5) is 18.2. The highest BCUT2D eigenvalue weighted by molar-refractivity contribution is 7.98. The van der Waals surface area contributed by atoms with E-state index in [0.717, 1.165) is 10.7 Å². The molecule has 0 spiro atoms. The SMILES string of the molecule is O=c1cc(CSc2ccccc2)nc2sccn12. The van der Waals surface area contributed by atoms with Crippen LogP contribution in [-0.4, -0.2) is 9.38 Å². The molecule has 0 bridgehead atoms. The lowest BCUT2D eigenvalue weighted by molar-refractivity contribution is 1.04. The molecule has 0 radical (unpaired) electrons. The van der Waals surface area contributed by atoms with Gasteiger partial charge in [0.05, 0.1) is 5.69 Å². The summed E-state index contributed by atoms with van der Waals surface area (Å²) < 4.78 is 1.57. The number of rotatable bonds is 3. The quantitative estimate of drug-likeness (QED) is 0.688. The van der Waals surface area contributed by atoms with Crippen LogP contribution in [0.25, 0.3) is 4.96 Å². The lowest BCUT2D eigenvalue weighted by Gasteiger charge is -2.01. The average Bonchev–Trinajstić information content (AvgIpc) is 2.86. The summed E-state index contributed by atoms with van der Waals surface area (Å²) in [5.41, 5.74) is 0.821. The van der Waals surface area contributed by atoms with E-state index >= 15 is 0 Å². The maximum absolute atomic E-state index is 11.8. The summed E-state index contributed by atoms with van der Waals surface area (Å²) in [6.07, 6.45) is 1.75. The minimum Gasteiger partial charge on any atom is -0.269 e. The monoisotopic (exact) mass is 274 g/mol. The van der Waals surface area contributed by atoms with E-state index in [4.69, 9.17) is 0 Å². The van der Waals surface area contributed by atoms with Gasteiger partial charge in [-0.05, 0) is 12.1 Å². The topological polar surface area (TPSA) is 34.4 Å². The molecule has 1 aromatic carbocycles. The molecule has 90 valence electrons. The van der Waals surface area contributed by atoms with E-state index in [1.54, 1.807) is 28.4 Å². The van der Waals surface area contributed by atoms with E-state index in [0.29, 0.717) is 5.75 Å². The van der Waals surface area contributed by atoms with Crippen molar-refractivity contribution in [3.8, 4) is 0 Å². The molecule has 2 aromatic heterocycles. The van der Waals surface area contributed by atoms with Crippen molar-refractivity contribution in [2.75, 3.05) is 0 Å². The van der Waals surface area contributed by atoms with Crippen molar-refractivity contribution in [1.82, 2.24) is 9.38 Å². The van der Waals surface area contributed by atoms with Crippen molar-refractivity contribution in [3.05, 3.63) is 64.0 Å². The van der Waals surface area contributed by atoms with Gasteiger partial charge in [-0.1, -0.05) is 18.2 Å². The maximum Gasteiger partial charge on any atom is 0.258 e. The molecule has 0 saturated carbocycles. The van der Waals surface area contributed by atoms with E-state index in [2.05, 4.69) is 17.1 Å². The maximum atomic E-state index is 11.8. The molecule has 0 amide bonds. The van der Waals surface area contributed by atoms with Crippen molar-refractivity contribution >= 4 is 28.1 Å². The molecule has 3 rings (SSSR count). The first-order valence-electron chi connectivity index (χ1n) is 5.46. The third-order valence-corrected chi connectivity index (χ3v) is 4.29. The molecule has 3 nitrogen and oxygen atoms in total. The number of aromatic nitrogens is 2. The highest BCUT2D eigenvalue weighted by atomic mass is 32.2. The summed E-state index contributed by atoms with van der Waals surface area (Å²) in [6.45, 7) is 0. The standard InChI is InChI=1S/C13H10N2OS2/c16-12-8-10(14-13-15(12)6-7-17-13)9-18-11-4-2-1-3-5-11/h1-8H,9H2. The number of fused-ring (bicyclic) bond motifs is 1. The van der Waals surface area contributed by atoms with Gasteiger partial charge in [0.15, 0.2) is 4.96 Å². The molecular formula is C13H10N2OS2. The van der Waals surface area contributed by atoms with Crippen molar-refractivity contribution in [1.29, 1.82) is 0 Å². The molecule has 0 saturated heterocycles. The van der Waals surface area contributed by atoms with E-state index in [1.165, 1.54) is 16.2 Å². The largest absolute Gasteiger partial charge is 0.269 e. The Morgan fingerprint density at radius 3 is 2.94 bits per heavy atom. The van der Waals surface area contributed by atoms with Crippen LogP contribution in [0.5, 0.6) is 0 Å². The van der Waals surface area contributed by atoms with Gasteiger partial charge in [0.25, 0.3) is 5.56 Å². The first-order valence-corrected chi connectivity index (χ1v) is 7.33. The number of hydrogen-bond acceptors (Lipinski definition) is 4. The third-order valence-electron chi connectivity index (χ3n) is 2.49. The van der Waals surface area contributed by atoms with Crippen LogP contribution >= 0.6 is 23.1 Å². The van der Waals surface area contributed by atoms with Crippen molar-refractivity contribution < 1.29 is 0 Å². The fraction of sp³-hybridized carbons (Fsp3) is 0.0769. The number of nitrogens with zero attached hydrogens (tertiary/aromatic N) is 2. The Morgan fingerprint density at radius 1 is 1.28 bits per heavy atom. The zero-order valence-electron chi connectivity index (χ0n) is 9.45. The van der Waals surface area contributed by atoms with Gasteiger partial charge < -0.3 is 0 Å². The molecule has 0 fully saturated rings. The highest BCUT2D eigenvalue weighted by Crippen LogP contribution is 2.21. The molecule has 2 heterocycles. The van der Waals surface area contributed by atoms with E-state index in [9.17, 15) is 4.79 Å². The highest BCUT2D eigenvalue weighted by Gasteiger charge is 2.03. The second kappa shape index (κ2) is 4.96. The Hall–Kier alpha value is -1.59. The Bertz CT molecular complexity index is 718. The molecule has 0 aliphatic carbocycles. The van der Waals surface area contributed by atoms with Gasteiger partial charge in [-0.3, -0.25) is 9.20 Å². The Morgan fingerprint density at radius 2 is 2.11 bits per heavy atom. The van der Waals surface area contributed by atoms with E-state index in [1.807, 2.05) is 23.6 Å². The Balaban J connectivity index is 1.85. The summed E-state index contributed by atoms with van der Waals surface area (Å²) in [5, 5.41) is 1.87. The third kappa shape index (κ3) is 2.32. The van der Waals surface area contributed by atoms with Crippen LogP contribution in [0.4, 0.5) is 0 Å². The smallest absolute Gasteiger partial charge is 0.258 e. The predicted molar refractivity (Wildman–Crippen MR) is 75.3 cm³/mol. The van der Waals surface area contributed by atoms with Gasteiger partial charge in [-0.15, -0.1) is 23.1 Å². The summed E-state index contributed by atoms with van der Waals surface area (Å²) in [6, 6.07) is 11.7. The molecule has 0 atom stereocenters. The van der Waals surface area contributed by atoms with Gasteiger partial charge >= 0.3 is 0 Å². The second-order valence-corrected chi connectivity index (χ2v) is 5.66. The van der Waals surface area contributed by atoms with Crippen LogP contribution in [-0.2, 0) is 5.75 Å². The van der Waals surface area contributed by atoms with Crippen LogP contribution in [0, 0.1) is 0 Å². The van der Waals surface area contributed by atoms with Crippen molar-refractivity contribution in [3.63, 3.8) is 0 Å². The zero-order valence-corrected chi connectivity index (χ0v) is 11.1. The fourth-order valence-electron chi connectivity index (χ4n) is 1.64. The predicted octanol–water partition coefficient (Wildman–Crippen LogP) is 3.05. The van der Waals surface area contributed by atoms with Gasteiger partial charge in [0, 0.05) is 28.3 Å². The number of thiazole rings is 1. The Kier molecular flexibility index (Phi) is 3.17. The molecule has 0 N–H and O–H groups in total. The number of hydrogen-bond donors (Lipinski definition) is 0. The van der Waals surface area contributed by atoms with Gasteiger partial charge in [-0.2, -0.15) is 0 Å². The molecule has 0 unspecified atom stereocenters. The molecular weight excluding hydrogens is 264 g/mol. The summed E-state index contributed by atoms with van der Waals surface area (Å²) in [7, 11) is 0. The van der Waals surface area contributed by atoms with Crippen LogP contribution < -0.4 is 5.56 Å². The minimum atomic E-state index is -0.00934. The Labute approximate surface area is 112 Å². The van der Waals surface area contributed by atoms with Crippen LogP contribution in [0.15, 0.2) is 57.7 Å². The summed E-state index contributed by atoms with van der Waals surface area (Å²) >= 11 is 3.17. The number of thioether (sulfide) groups is 1. The normalized spacial score (nSPS) is 10.9. The van der Waals surface area contributed by atoms with Crippen LogP contribution in [0.3, 0.4) is 0 Å². The lowest BCUT2D eigenvalue weighted by atomic mass is 10.4. The molecule has 18 heavy (non-hydrogen) atoms. The van der Waals surface area contributed by atoms with E-state index in [-0.39, 0.29) is 5.56 Å². The fourth-order valence-corrected chi connectivity index (χ4v) is 3.19. The van der Waals surface area contributed by atoms with Crippen LogP contribution in [0.1, 0.15) is 5.69 Å². The first kappa shape index (κ1) is 11.5. The second-order valence-electron chi connectivity index (χ2n) is 3.74. The van der Waals surface area contributed by atoms with Crippen molar-refractivity contribution in [2.45, 2.75) is 10.6 Å². The first-order chi connectivity index (χ1) is 8.83. The van der Waals surface area contributed by atoms with Gasteiger partial charge in [-0.25, -0.2) is 4.98 Å². The lowest BCUT2D eigenvalue weighted by Crippen LogP contribution is -2.12.